The van der Waals surface area contributed by atoms with E-state index in [1.54, 1.807) is 0 Å². The van der Waals surface area contributed by atoms with E-state index in [9.17, 15) is 51.1 Å². The van der Waals surface area contributed by atoms with E-state index >= 15 is 0 Å². The van der Waals surface area contributed by atoms with Gasteiger partial charge in [-0.2, -0.15) is 0 Å². The Morgan fingerprint density at radius 2 is 1.18 bits per heavy atom. The van der Waals surface area contributed by atoms with E-state index < -0.39 is 112 Å². The number of oxime groups is 1. The van der Waals surface area contributed by atoms with Gasteiger partial charge in [-0.05, 0) is 5.56 Å². The Morgan fingerprint density at radius 1 is 0.622 bits per heavy atom. The summed E-state index contributed by atoms with van der Waals surface area (Å²) in [7, 11) is 0. The fourth-order valence-electron chi connectivity index (χ4n) is 4.97. The van der Waals surface area contributed by atoms with E-state index in [4.69, 9.17) is 33.3 Å². The highest BCUT2D eigenvalue weighted by molar-refractivity contribution is 5.57. The van der Waals surface area contributed by atoms with Crippen molar-refractivity contribution in [2.24, 2.45) is 5.16 Å². The highest BCUT2D eigenvalue weighted by atomic mass is 16.7. The number of hydrogen-bond acceptors (Lipinski definition) is 18. The maximum atomic E-state index is 11.1. The van der Waals surface area contributed by atoms with E-state index in [1.807, 2.05) is 30.3 Å². The molecule has 0 amide bonds. The van der Waals surface area contributed by atoms with Crippen LogP contribution in [0.1, 0.15) is 5.56 Å². The first kappa shape index (κ1) is 35.9. The Morgan fingerprint density at radius 3 is 1.80 bits per heavy atom. The molecule has 3 heterocycles. The summed E-state index contributed by atoms with van der Waals surface area (Å²) >= 11 is 0. The van der Waals surface area contributed by atoms with Gasteiger partial charge >= 0.3 is 0 Å². The number of rotatable bonds is 13. The van der Waals surface area contributed by atoms with Crippen LogP contribution < -0.4 is 0 Å². The summed E-state index contributed by atoms with van der Waals surface area (Å²) in [4.78, 5) is 5.20. The second-order valence-electron chi connectivity index (χ2n) is 10.7. The van der Waals surface area contributed by atoms with Crippen molar-refractivity contribution >= 4 is 6.21 Å². The summed E-state index contributed by atoms with van der Waals surface area (Å²) in [6.07, 6.45) is -23.3. The lowest BCUT2D eigenvalue weighted by Gasteiger charge is -2.46. The minimum Gasteiger partial charge on any atom is -0.394 e. The molecule has 3 aliphatic heterocycles. The lowest BCUT2D eigenvalue weighted by molar-refractivity contribution is -0.365. The largest absolute Gasteiger partial charge is 0.394 e. The van der Waals surface area contributed by atoms with Crippen molar-refractivity contribution in [1.82, 2.24) is 0 Å². The van der Waals surface area contributed by atoms with Crippen LogP contribution in [0.15, 0.2) is 35.5 Å². The molecule has 3 fully saturated rings. The van der Waals surface area contributed by atoms with Gasteiger partial charge < -0.3 is 84.3 Å². The van der Waals surface area contributed by atoms with E-state index in [0.717, 1.165) is 5.56 Å². The Hall–Kier alpha value is -1.95. The standard InChI is InChI=1S/C27H41NO17/c29-8-13-16(31)19(34)21(36)25(42-13)40-11-15-18(33)24(45-27-22(37)20(35)17(32)14(9-30)43-27)23(38)26(44-15)39-7-6-28-41-10-12-4-2-1-3-5-12/h1-6,13-27,29-38H,7-11H2/t13?,14-,15?,16+,17+,18+,19?,20?,21?,22?,23?,24?,25-,26-,27+/m0/s1. The molecule has 4 rings (SSSR count). The molecule has 3 saturated heterocycles. The minimum atomic E-state index is -1.86. The molecule has 0 aliphatic carbocycles. The minimum absolute atomic E-state index is 0.179. The quantitative estimate of drug-likeness (QED) is 0.0704. The molecule has 0 saturated carbocycles. The Bertz CT molecular complexity index is 1040. The third-order valence-corrected chi connectivity index (χ3v) is 7.61. The molecule has 256 valence electrons. The highest BCUT2D eigenvalue weighted by Crippen LogP contribution is 2.30. The van der Waals surface area contributed by atoms with Gasteiger partial charge in [0.25, 0.3) is 0 Å². The lowest BCUT2D eigenvalue weighted by atomic mass is 9.96. The molecule has 18 nitrogen and oxygen atoms in total. The zero-order valence-electron chi connectivity index (χ0n) is 23.9. The third-order valence-electron chi connectivity index (χ3n) is 7.61. The molecule has 1 aromatic carbocycles. The van der Waals surface area contributed by atoms with Crippen molar-refractivity contribution in [1.29, 1.82) is 0 Å². The summed E-state index contributed by atoms with van der Waals surface area (Å²) in [6, 6.07) is 9.20. The van der Waals surface area contributed by atoms with Crippen LogP contribution in [0.5, 0.6) is 0 Å². The monoisotopic (exact) mass is 651 g/mol. The third kappa shape index (κ3) is 8.70. The number of aliphatic hydroxyl groups excluding tert-OH is 10. The summed E-state index contributed by atoms with van der Waals surface area (Å²) in [5.41, 5.74) is 0.867. The summed E-state index contributed by atoms with van der Waals surface area (Å²) in [5, 5.41) is 106. The molecule has 3 aliphatic rings. The van der Waals surface area contributed by atoms with Crippen LogP contribution in [0.25, 0.3) is 0 Å². The zero-order valence-corrected chi connectivity index (χ0v) is 23.9. The van der Waals surface area contributed by atoms with Crippen LogP contribution in [0.3, 0.4) is 0 Å². The van der Waals surface area contributed by atoms with Crippen molar-refractivity contribution in [2.75, 3.05) is 26.4 Å². The maximum absolute atomic E-state index is 11.1. The lowest BCUT2D eigenvalue weighted by Crippen LogP contribution is -2.65. The molecule has 1 aromatic rings. The molecule has 10 N–H and O–H groups in total. The van der Waals surface area contributed by atoms with Gasteiger partial charge in [-0.15, -0.1) is 0 Å². The Labute approximate surface area is 257 Å². The van der Waals surface area contributed by atoms with Gasteiger partial charge in [0.2, 0.25) is 0 Å². The molecule has 8 unspecified atom stereocenters. The predicted molar refractivity (Wildman–Crippen MR) is 145 cm³/mol. The van der Waals surface area contributed by atoms with Gasteiger partial charge in [0, 0.05) is 0 Å². The van der Waals surface area contributed by atoms with Gasteiger partial charge in [-0.25, -0.2) is 0 Å². The molecule has 45 heavy (non-hydrogen) atoms. The van der Waals surface area contributed by atoms with E-state index in [2.05, 4.69) is 5.16 Å². The first-order chi connectivity index (χ1) is 21.6. The second-order valence-corrected chi connectivity index (χ2v) is 10.7. The van der Waals surface area contributed by atoms with Crippen LogP contribution in [-0.4, -0.2) is 176 Å². The van der Waals surface area contributed by atoms with Crippen molar-refractivity contribution < 1.29 is 84.3 Å². The maximum Gasteiger partial charge on any atom is 0.187 e. The summed E-state index contributed by atoms with van der Waals surface area (Å²) in [5.74, 6) is 0. The number of hydrogen-bond donors (Lipinski definition) is 10. The topological polar surface area (TPSA) is 279 Å². The Balaban J connectivity index is 1.43. The van der Waals surface area contributed by atoms with Crippen molar-refractivity contribution in [2.45, 2.75) is 98.7 Å². The van der Waals surface area contributed by atoms with Gasteiger partial charge in [-0.1, -0.05) is 35.5 Å². The Kier molecular flexibility index (Phi) is 13.4. The number of ether oxygens (including phenoxy) is 6. The summed E-state index contributed by atoms with van der Waals surface area (Å²) < 4.78 is 33.0. The van der Waals surface area contributed by atoms with Gasteiger partial charge in [0.1, 0.15) is 79.9 Å². The number of aliphatic hydroxyl groups is 10. The molecular formula is C27H41NO17. The average molecular weight is 652 g/mol. The molecule has 0 aromatic heterocycles. The summed E-state index contributed by atoms with van der Waals surface area (Å²) in [6.45, 7) is -2.13. The first-order valence-corrected chi connectivity index (χ1v) is 14.3. The van der Waals surface area contributed by atoms with Crippen molar-refractivity contribution in [3.63, 3.8) is 0 Å². The average Bonchev–Trinajstić information content (AvgIpc) is 3.05. The molecular weight excluding hydrogens is 610 g/mol. The second kappa shape index (κ2) is 16.7. The van der Waals surface area contributed by atoms with Crippen LogP contribution in [0.4, 0.5) is 0 Å². The van der Waals surface area contributed by atoms with Crippen molar-refractivity contribution in [3.05, 3.63) is 35.9 Å². The van der Waals surface area contributed by atoms with Crippen LogP contribution >= 0.6 is 0 Å². The van der Waals surface area contributed by atoms with Gasteiger partial charge in [-0.3, -0.25) is 0 Å². The fourth-order valence-corrected chi connectivity index (χ4v) is 4.97. The van der Waals surface area contributed by atoms with Crippen LogP contribution in [0, 0.1) is 0 Å². The van der Waals surface area contributed by atoms with Crippen LogP contribution in [0.2, 0.25) is 0 Å². The van der Waals surface area contributed by atoms with E-state index in [0.29, 0.717) is 0 Å². The number of nitrogens with zero attached hydrogens (tertiary/aromatic N) is 1. The normalized spacial score (nSPS) is 42.6. The van der Waals surface area contributed by atoms with Crippen molar-refractivity contribution in [3.8, 4) is 0 Å². The van der Waals surface area contributed by atoms with Gasteiger partial charge in [0.05, 0.1) is 32.6 Å². The first-order valence-electron chi connectivity index (χ1n) is 14.3. The van der Waals surface area contributed by atoms with E-state index in [-0.39, 0.29) is 13.2 Å². The highest BCUT2D eigenvalue weighted by Gasteiger charge is 2.52. The fraction of sp³-hybridized carbons (Fsp3) is 0.741. The van der Waals surface area contributed by atoms with Crippen LogP contribution in [-0.2, 0) is 39.9 Å². The zero-order chi connectivity index (χ0) is 32.7. The molecule has 15 atom stereocenters. The van der Waals surface area contributed by atoms with E-state index in [1.165, 1.54) is 6.21 Å². The van der Waals surface area contributed by atoms with Gasteiger partial charge in [0.15, 0.2) is 18.9 Å². The predicted octanol–water partition coefficient (Wildman–Crippen LogP) is -5.35. The molecule has 0 radical (unpaired) electrons. The smallest absolute Gasteiger partial charge is 0.187 e. The SMILES string of the molecule is OCC1O[C@H](OCC2O[C@H](OCC=NOCc3ccccc3)C(O)C(O[C@H]3O[C@@H](CO)[C@@H](O)C(O)C3O)[C@@H]2O)C(O)C(O)[C@@H]1O. The molecule has 18 heteroatoms. The molecule has 0 spiro atoms. The molecule has 0 bridgehead atoms. The number of benzene rings is 1.